The molecule has 0 unspecified atom stereocenters. The number of anilines is 2. The SMILES string of the molecule is Cc1nc(C(=O)N2CCc3cccc(N)c32)no1. The minimum Gasteiger partial charge on any atom is -0.397 e. The lowest BCUT2D eigenvalue weighted by molar-refractivity contribution is 0.0976. The Labute approximate surface area is 103 Å². The first-order valence-corrected chi connectivity index (χ1v) is 5.66. The van der Waals surface area contributed by atoms with E-state index in [1.807, 2.05) is 12.1 Å². The van der Waals surface area contributed by atoms with Gasteiger partial charge in [0, 0.05) is 13.5 Å². The summed E-state index contributed by atoms with van der Waals surface area (Å²) in [5.41, 5.74) is 8.36. The Morgan fingerprint density at radius 2 is 2.33 bits per heavy atom. The van der Waals surface area contributed by atoms with E-state index in [4.69, 9.17) is 10.3 Å². The van der Waals surface area contributed by atoms with Gasteiger partial charge in [-0.05, 0) is 18.1 Å². The zero-order valence-electron chi connectivity index (χ0n) is 9.88. The smallest absolute Gasteiger partial charge is 0.299 e. The number of carbonyl (C=O) groups excluding carboxylic acids is 1. The maximum atomic E-state index is 12.3. The number of amides is 1. The van der Waals surface area contributed by atoms with Crippen molar-refractivity contribution in [1.29, 1.82) is 0 Å². The number of carbonyl (C=O) groups is 1. The van der Waals surface area contributed by atoms with E-state index in [1.165, 1.54) is 0 Å². The van der Waals surface area contributed by atoms with Crippen molar-refractivity contribution in [2.45, 2.75) is 13.3 Å². The van der Waals surface area contributed by atoms with Crippen LogP contribution >= 0.6 is 0 Å². The van der Waals surface area contributed by atoms with Gasteiger partial charge in [-0.3, -0.25) is 4.79 Å². The fourth-order valence-electron chi connectivity index (χ4n) is 2.20. The largest absolute Gasteiger partial charge is 0.397 e. The molecule has 1 amide bonds. The van der Waals surface area contributed by atoms with Crippen molar-refractivity contribution in [3.8, 4) is 0 Å². The van der Waals surface area contributed by atoms with Crippen LogP contribution in [0.1, 0.15) is 22.1 Å². The molecule has 2 N–H and O–H groups in total. The lowest BCUT2D eigenvalue weighted by Crippen LogP contribution is -2.30. The molecular formula is C12H12N4O2. The van der Waals surface area contributed by atoms with E-state index in [-0.39, 0.29) is 11.7 Å². The maximum absolute atomic E-state index is 12.3. The first kappa shape index (κ1) is 10.8. The number of aromatic nitrogens is 2. The summed E-state index contributed by atoms with van der Waals surface area (Å²) in [6.45, 7) is 2.24. The summed E-state index contributed by atoms with van der Waals surface area (Å²) < 4.78 is 4.82. The van der Waals surface area contributed by atoms with Crippen LogP contribution in [0.15, 0.2) is 22.7 Å². The van der Waals surface area contributed by atoms with Crippen molar-refractivity contribution in [3.63, 3.8) is 0 Å². The number of hydrogen-bond acceptors (Lipinski definition) is 5. The molecule has 0 saturated carbocycles. The number of nitrogens with zero attached hydrogens (tertiary/aromatic N) is 3. The lowest BCUT2D eigenvalue weighted by Gasteiger charge is -2.16. The van der Waals surface area contributed by atoms with E-state index in [0.717, 1.165) is 17.7 Å². The number of aryl methyl sites for hydroxylation is 1. The second-order valence-electron chi connectivity index (χ2n) is 4.20. The second kappa shape index (κ2) is 3.83. The molecule has 1 aromatic heterocycles. The third-order valence-corrected chi connectivity index (χ3v) is 2.99. The topological polar surface area (TPSA) is 85.2 Å². The second-order valence-corrected chi connectivity index (χ2v) is 4.20. The van der Waals surface area contributed by atoms with Crippen LogP contribution < -0.4 is 10.6 Å². The third kappa shape index (κ3) is 1.54. The Hall–Kier alpha value is -2.37. The molecule has 6 heteroatoms. The summed E-state index contributed by atoms with van der Waals surface area (Å²) in [6.07, 6.45) is 0.795. The number of nitrogens with two attached hydrogens (primary N) is 1. The number of benzene rings is 1. The third-order valence-electron chi connectivity index (χ3n) is 2.99. The van der Waals surface area contributed by atoms with Gasteiger partial charge in [-0.25, -0.2) is 0 Å². The highest BCUT2D eigenvalue weighted by atomic mass is 16.5. The standard InChI is InChI=1S/C12H12N4O2/c1-7-14-11(15-18-7)12(17)16-6-5-8-3-2-4-9(13)10(8)16/h2-4H,5-6,13H2,1H3. The predicted molar refractivity (Wildman–Crippen MR) is 65.3 cm³/mol. The summed E-state index contributed by atoms with van der Waals surface area (Å²) in [7, 11) is 0. The molecule has 1 aliphatic heterocycles. The fraction of sp³-hybridized carbons (Fsp3) is 0.250. The average Bonchev–Trinajstić information content (AvgIpc) is 2.95. The molecule has 1 aromatic carbocycles. The van der Waals surface area contributed by atoms with Crippen LogP contribution in [-0.4, -0.2) is 22.6 Å². The molecule has 0 aliphatic carbocycles. The summed E-state index contributed by atoms with van der Waals surface area (Å²) in [6, 6.07) is 5.65. The Kier molecular flexibility index (Phi) is 2.29. The molecule has 6 nitrogen and oxygen atoms in total. The molecule has 0 atom stereocenters. The molecule has 0 fully saturated rings. The van der Waals surface area contributed by atoms with E-state index in [1.54, 1.807) is 17.9 Å². The molecule has 2 heterocycles. The first-order chi connectivity index (χ1) is 8.66. The zero-order valence-corrected chi connectivity index (χ0v) is 9.88. The van der Waals surface area contributed by atoms with Crippen molar-refractivity contribution in [2.75, 3.05) is 17.2 Å². The highest BCUT2D eigenvalue weighted by molar-refractivity contribution is 6.06. The molecular weight excluding hydrogens is 232 g/mol. The molecule has 3 rings (SSSR count). The lowest BCUT2D eigenvalue weighted by atomic mass is 10.1. The van der Waals surface area contributed by atoms with Gasteiger partial charge in [-0.15, -0.1) is 0 Å². The van der Waals surface area contributed by atoms with E-state index in [2.05, 4.69) is 10.1 Å². The summed E-state index contributed by atoms with van der Waals surface area (Å²) in [4.78, 5) is 17.8. The Morgan fingerprint density at radius 3 is 3.06 bits per heavy atom. The molecule has 2 aromatic rings. The Bertz CT molecular complexity index is 620. The van der Waals surface area contributed by atoms with Crippen LogP contribution in [0.5, 0.6) is 0 Å². The summed E-state index contributed by atoms with van der Waals surface area (Å²) >= 11 is 0. The molecule has 1 aliphatic rings. The van der Waals surface area contributed by atoms with Crippen LogP contribution in [0.3, 0.4) is 0 Å². The van der Waals surface area contributed by atoms with Gasteiger partial charge < -0.3 is 15.2 Å². The number of nitrogen functional groups attached to an aromatic ring is 1. The van der Waals surface area contributed by atoms with Crippen molar-refractivity contribution in [3.05, 3.63) is 35.5 Å². The number of fused-ring (bicyclic) bond motifs is 1. The number of rotatable bonds is 1. The molecule has 18 heavy (non-hydrogen) atoms. The summed E-state index contributed by atoms with van der Waals surface area (Å²) in [5, 5.41) is 3.64. The van der Waals surface area contributed by atoms with E-state index >= 15 is 0 Å². The molecule has 0 bridgehead atoms. The van der Waals surface area contributed by atoms with Gasteiger partial charge >= 0.3 is 0 Å². The Balaban J connectivity index is 2.00. The normalized spacial score (nSPS) is 13.7. The van der Waals surface area contributed by atoms with Crippen LogP contribution in [0, 0.1) is 6.92 Å². The predicted octanol–water partition coefficient (Wildman–Crippen LogP) is 1.16. The molecule has 0 radical (unpaired) electrons. The highest BCUT2D eigenvalue weighted by Crippen LogP contribution is 2.34. The van der Waals surface area contributed by atoms with Gasteiger partial charge in [0.2, 0.25) is 5.89 Å². The summed E-state index contributed by atoms with van der Waals surface area (Å²) in [5.74, 6) is 0.172. The maximum Gasteiger partial charge on any atom is 0.299 e. The van der Waals surface area contributed by atoms with Crippen molar-refractivity contribution < 1.29 is 9.32 Å². The van der Waals surface area contributed by atoms with Gasteiger partial charge in [0.1, 0.15) is 0 Å². The van der Waals surface area contributed by atoms with Gasteiger partial charge in [-0.1, -0.05) is 17.3 Å². The van der Waals surface area contributed by atoms with Crippen molar-refractivity contribution in [2.24, 2.45) is 0 Å². The van der Waals surface area contributed by atoms with Gasteiger partial charge in [0.05, 0.1) is 11.4 Å². The van der Waals surface area contributed by atoms with E-state index in [9.17, 15) is 4.79 Å². The molecule has 0 spiro atoms. The number of para-hydroxylation sites is 1. The quantitative estimate of drug-likeness (QED) is 0.761. The average molecular weight is 244 g/mol. The van der Waals surface area contributed by atoms with Crippen LogP contribution in [0.4, 0.5) is 11.4 Å². The van der Waals surface area contributed by atoms with E-state index < -0.39 is 0 Å². The fourth-order valence-corrected chi connectivity index (χ4v) is 2.20. The van der Waals surface area contributed by atoms with Gasteiger partial charge in [0.15, 0.2) is 0 Å². The molecule has 0 saturated heterocycles. The first-order valence-electron chi connectivity index (χ1n) is 5.66. The Morgan fingerprint density at radius 1 is 1.50 bits per heavy atom. The van der Waals surface area contributed by atoms with Crippen molar-refractivity contribution >= 4 is 17.3 Å². The van der Waals surface area contributed by atoms with Crippen LogP contribution in [-0.2, 0) is 6.42 Å². The molecule has 92 valence electrons. The number of hydrogen-bond donors (Lipinski definition) is 1. The zero-order chi connectivity index (χ0) is 12.7. The van der Waals surface area contributed by atoms with E-state index in [0.29, 0.717) is 18.1 Å². The monoisotopic (exact) mass is 244 g/mol. The van der Waals surface area contributed by atoms with Crippen LogP contribution in [0.2, 0.25) is 0 Å². The minimum atomic E-state index is -0.275. The van der Waals surface area contributed by atoms with Crippen LogP contribution in [0.25, 0.3) is 0 Å². The van der Waals surface area contributed by atoms with Crippen molar-refractivity contribution in [1.82, 2.24) is 10.1 Å². The van der Waals surface area contributed by atoms with Gasteiger partial charge in [0.25, 0.3) is 11.7 Å². The highest BCUT2D eigenvalue weighted by Gasteiger charge is 2.29. The minimum absolute atomic E-state index is 0.0728. The van der Waals surface area contributed by atoms with Gasteiger partial charge in [-0.2, -0.15) is 4.98 Å².